The molecule has 16 heavy (non-hydrogen) atoms. The summed E-state index contributed by atoms with van der Waals surface area (Å²) in [5, 5.41) is 3.04. The van der Waals surface area contributed by atoms with Gasteiger partial charge in [-0.15, -0.1) is 0 Å². The molecule has 0 aliphatic heterocycles. The zero-order chi connectivity index (χ0) is 11.4. The van der Waals surface area contributed by atoms with E-state index in [4.69, 9.17) is 0 Å². The van der Waals surface area contributed by atoms with Gasteiger partial charge in [-0.05, 0) is 25.0 Å². The fourth-order valence-electron chi connectivity index (χ4n) is 2.01. The summed E-state index contributed by atoms with van der Waals surface area (Å²) in [6, 6.07) is 4.02. The monoisotopic (exact) mass is 219 g/mol. The normalized spacial score (nSPS) is 16.1. The highest BCUT2D eigenvalue weighted by Gasteiger charge is 2.19. The van der Waals surface area contributed by atoms with Crippen LogP contribution in [-0.4, -0.2) is 24.1 Å². The molecular weight excluding hydrogens is 202 g/mol. The van der Waals surface area contributed by atoms with Gasteiger partial charge in [0.25, 0.3) is 0 Å². The number of hydrogen-bond donors (Lipinski definition) is 1. The number of rotatable bonds is 2. The van der Waals surface area contributed by atoms with E-state index >= 15 is 0 Å². The summed E-state index contributed by atoms with van der Waals surface area (Å²) < 4.78 is 0. The maximum atomic E-state index is 11.9. The van der Waals surface area contributed by atoms with Crippen LogP contribution in [0.15, 0.2) is 24.5 Å². The highest BCUT2D eigenvalue weighted by Crippen LogP contribution is 2.18. The van der Waals surface area contributed by atoms with E-state index in [0.717, 1.165) is 18.5 Å². The molecule has 4 heteroatoms. The Morgan fingerprint density at radius 1 is 1.50 bits per heavy atom. The molecule has 0 unspecified atom stereocenters. The van der Waals surface area contributed by atoms with Gasteiger partial charge in [-0.25, -0.2) is 4.79 Å². The van der Waals surface area contributed by atoms with Gasteiger partial charge in [0.2, 0.25) is 0 Å². The van der Waals surface area contributed by atoms with Gasteiger partial charge in [0.15, 0.2) is 0 Å². The van der Waals surface area contributed by atoms with Crippen LogP contribution in [0.25, 0.3) is 0 Å². The van der Waals surface area contributed by atoms with Gasteiger partial charge in [-0.1, -0.05) is 12.8 Å². The summed E-state index contributed by atoms with van der Waals surface area (Å²) in [5.41, 5.74) is 0.818. The quantitative estimate of drug-likeness (QED) is 0.828. The van der Waals surface area contributed by atoms with E-state index < -0.39 is 0 Å². The van der Waals surface area contributed by atoms with Crippen LogP contribution in [0.3, 0.4) is 0 Å². The minimum atomic E-state index is -0.0418. The van der Waals surface area contributed by atoms with Crippen LogP contribution in [-0.2, 0) is 0 Å². The minimum Gasteiger partial charge on any atom is -0.335 e. The average molecular weight is 219 g/mol. The lowest BCUT2D eigenvalue weighted by Crippen LogP contribution is -2.42. The van der Waals surface area contributed by atoms with E-state index in [1.165, 1.54) is 12.8 Å². The highest BCUT2D eigenvalue weighted by atomic mass is 16.2. The van der Waals surface area contributed by atoms with Crippen LogP contribution in [0, 0.1) is 0 Å². The molecule has 4 nitrogen and oxygen atoms in total. The van der Waals surface area contributed by atoms with Gasteiger partial charge in [-0.2, -0.15) is 0 Å². The van der Waals surface area contributed by atoms with Crippen molar-refractivity contribution in [3.63, 3.8) is 0 Å². The Kier molecular flexibility index (Phi) is 3.39. The molecule has 0 bridgehead atoms. The van der Waals surface area contributed by atoms with Gasteiger partial charge < -0.3 is 5.32 Å². The van der Waals surface area contributed by atoms with Crippen molar-refractivity contribution >= 4 is 11.7 Å². The molecule has 1 N–H and O–H groups in total. The second kappa shape index (κ2) is 4.96. The number of nitrogens with one attached hydrogen (secondary N) is 1. The molecule has 0 aromatic carbocycles. The van der Waals surface area contributed by atoms with E-state index in [2.05, 4.69) is 10.3 Å². The fraction of sp³-hybridized carbons (Fsp3) is 0.500. The smallest absolute Gasteiger partial charge is 0.321 e. The molecule has 1 aliphatic carbocycles. The summed E-state index contributed by atoms with van der Waals surface area (Å²) >= 11 is 0. The van der Waals surface area contributed by atoms with E-state index in [1.807, 2.05) is 12.1 Å². The second-order valence-corrected chi connectivity index (χ2v) is 4.20. The predicted octanol–water partition coefficient (Wildman–Crippen LogP) is 2.17. The number of carbonyl (C=O) groups is 1. The Labute approximate surface area is 95.7 Å². The lowest BCUT2D eigenvalue weighted by molar-refractivity contribution is 0.244. The maximum Gasteiger partial charge on any atom is 0.321 e. The third-order valence-electron chi connectivity index (χ3n) is 3.02. The van der Waals surface area contributed by atoms with E-state index in [9.17, 15) is 4.79 Å². The van der Waals surface area contributed by atoms with Crippen molar-refractivity contribution in [1.82, 2.24) is 10.3 Å². The molecule has 1 fully saturated rings. The number of aromatic nitrogens is 1. The van der Waals surface area contributed by atoms with Crippen LogP contribution in [0.5, 0.6) is 0 Å². The summed E-state index contributed by atoms with van der Waals surface area (Å²) in [5.74, 6) is 0. The van der Waals surface area contributed by atoms with Crippen LogP contribution in [0.4, 0.5) is 10.5 Å². The molecule has 0 radical (unpaired) electrons. The first-order chi connectivity index (χ1) is 7.77. The standard InChI is InChI=1S/C12H17N3O/c1-15(11-7-4-8-13-9-11)12(16)14-10-5-2-3-6-10/h4,7-10H,2-3,5-6H2,1H3,(H,14,16). The van der Waals surface area contributed by atoms with Crippen LogP contribution < -0.4 is 10.2 Å². The second-order valence-electron chi connectivity index (χ2n) is 4.20. The molecule has 2 rings (SSSR count). The molecular formula is C12H17N3O. The lowest BCUT2D eigenvalue weighted by atomic mass is 10.2. The fourth-order valence-corrected chi connectivity index (χ4v) is 2.01. The van der Waals surface area contributed by atoms with Gasteiger partial charge in [0.1, 0.15) is 0 Å². The lowest BCUT2D eigenvalue weighted by Gasteiger charge is -2.20. The topological polar surface area (TPSA) is 45.2 Å². The van der Waals surface area contributed by atoms with Crippen molar-refractivity contribution in [3.8, 4) is 0 Å². The molecule has 1 saturated carbocycles. The van der Waals surface area contributed by atoms with E-state index in [-0.39, 0.29) is 6.03 Å². The van der Waals surface area contributed by atoms with Gasteiger partial charge >= 0.3 is 6.03 Å². The Morgan fingerprint density at radius 3 is 2.88 bits per heavy atom. The molecule has 1 heterocycles. The zero-order valence-electron chi connectivity index (χ0n) is 9.52. The molecule has 0 saturated heterocycles. The first kappa shape index (κ1) is 10.9. The van der Waals surface area contributed by atoms with Crippen LogP contribution in [0.2, 0.25) is 0 Å². The minimum absolute atomic E-state index is 0.0418. The van der Waals surface area contributed by atoms with E-state index in [1.54, 1.807) is 24.3 Å². The van der Waals surface area contributed by atoms with Gasteiger partial charge in [0.05, 0.1) is 11.9 Å². The Balaban J connectivity index is 1.94. The average Bonchev–Trinajstić information content (AvgIpc) is 2.82. The Bertz CT molecular complexity index is 347. The number of pyridine rings is 1. The number of carbonyl (C=O) groups excluding carboxylic acids is 1. The Hall–Kier alpha value is -1.58. The molecule has 0 atom stereocenters. The first-order valence-electron chi connectivity index (χ1n) is 5.71. The molecule has 1 aliphatic rings. The van der Waals surface area contributed by atoms with E-state index in [0.29, 0.717) is 6.04 Å². The largest absolute Gasteiger partial charge is 0.335 e. The van der Waals surface area contributed by atoms with Crippen molar-refractivity contribution in [1.29, 1.82) is 0 Å². The third-order valence-corrected chi connectivity index (χ3v) is 3.02. The number of anilines is 1. The SMILES string of the molecule is CN(C(=O)NC1CCCC1)c1cccnc1. The van der Waals surface area contributed by atoms with Crippen molar-refractivity contribution < 1.29 is 4.79 Å². The summed E-state index contributed by atoms with van der Waals surface area (Å²) in [4.78, 5) is 17.5. The Morgan fingerprint density at radius 2 is 2.25 bits per heavy atom. The molecule has 2 amide bonds. The number of urea groups is 1. The van der Waals surface area contributed by atoms with Crippen molar-refractivity contribution in [3.05, 3.63) is 24.5 Å². The number of amides is 2. The van der Waals surface area contributed by atoms with Gasteiger partial charge in [0, 0.05) is 19.3 Å². The number of nitrogens with zero attached hydrogens (tertiary/aromatic N) is 2. The zero-order valence-corrected chi connectivity index (χ0v) is 9.52. The highest BCUT2D eigenvalue weighted by molar-refractivity contribution is 5.91. The number of hydrogen-bond acceptors (Lipinski definition) is 2. The summed E-state index contributed by atoms with van der Waals surface area (Å²) in [6.07, 6.45) is 8.04. The molecule has 86 valence electrons. The first-order valence-corrected chi connectivity index (χ1v) is 5.71. The van der Waals surface area contributed by atoms with Crippen molar-refractivity contribution in [2.24, 2.45) is 0 Å². The van der Waals surface area contributed by atoms with Gasteiger partial charge in [-0.3, -0.25) is 9.88 Å². The predicted molar refractivity (Wildman–Crippen MR) is 63.4 cm³/mol. The molecule has 1 aromatic rings. The van der Waals surface area contributed by atoms with Crippen LogP contribution in [0.1, 0.15) is 25.7 Å². The maximum absolute atomic E-state index is 11.9. The third kappa shape index (κ3) is 2.51. The van der Waals surface area contributed by atoms with Crippen molar-refractivity contribution in [2.75, 3.05) is 11.9 Å². The van der Waals surface area contributed by atoms with Crippen molar-refractivity contribution in [2.45, 2.75) is 31.7 Å². The molecule has 0 spiro atoms. The molecule has 1 aromatic heterocycles. The van der Waals surface area contributed by atoms with Crippen LogP contribution >= 0.6 is 0 Å². The summed E-state index contributed by atoms with van der Waals surface area (Å²) in [7, 11) is 1.77. The summed E-state index contributed by atoms with van der Waals surface area (Å²) in [6.45, 7) is 0.